The SMILES string of the molecule is N#Cc1ccc(NC(=O)CCN2CCC[C@H]2CO)cc1. The first-order valence-electron chi connectivity index (χ1n) is 6.88. The van der Waals surface area contributed by atoms with Gasteiger partial charge in [-0.25, -0.2) is 0 Å². The predicted octanol–water partition coefficient (Wildman–Crippen LogP) is 1.34. The molecule has 2 N–H and O–H groups in total. The fraction of sp³-hybridized carbons (Fsp3) is 0.467. The Morgan fingerprint density at radius 1 is 1.45 bits per heavy atom. The van der Waals surface area contributed by atoms with Gasteiger partial charge in [-0.05, 0) is 43.7 Å². The van der Waals surface area contributed by atoms with E-state index in [1.165, 1.54) is 0 Å². The topological polar surface area (TPSA) is 76.4 Å². The lowest BCUT2D eigenvalue weighted by Gasteiger charge is -2.22. The second-order valence-electron chi connectivity index (χ2n) is 5.00. The summed E-state index contributed by atoms with van der Waals surface area (Å²) in [7, 11) is 0. The molecule has 1 aliphatic heterocycles. The quantitative estimate of drug-likeness (QED) is 0.849. The molecule has 0 saturated carbocycles. The molecule has 106 valence electrons. The number of benzene rings is 1. The van der Waals surface area contributed by atoms with Gasteiger partial charge in [-0.15, -0.1) is 0 Å². The standard InChI is InChI=1S/C15H19N3O2/c16-10-12-3-5-13(6-4-12)17-15(20)7-9-18-8-1-2-14(18)11-19/h3-6,14,19H,1-2,7-9,11H2,(H,17,20)/t14-/m0/s1. The Labute approximate surface area is 118 Å². The summed E-state index contributed by atoms with van der Waals surface area (Å²) in [5.41, 5.74) is 1.28. The molecule has 0 radical (unpaired) electrons. The highest BCUT2D eigenvalue weighted by atomic mass is 16.3. The smallest absolute Gasteiger partial charge is 0.225 e. The van der Waals surface area contributed by atoms with E-state index in [1.54, 1.807) is 24.3 Å². The molecule has 1 aromatic rings. The molecule has 0 aromatic heterocycles. The van der Waals surface area contributed by atoms with E-state index in [-0.39, 0.29) is 18.6 Å². The van der Waals surface area contributed by atoms with Crippen molar-refractivity contribution in [3.8, 4) is 6.07 Å². The molecule has 1 fully saturated rings. The number of aliphatic hydroxyl groups is 1. The number of carbonyl (C=O) groups excluding carboxylic acids is 1. The molecule has 1 heterocycles. The highest BCUT2D eigenvalue weighted by Gasteiger charge is 2.23. The van der Waals surface area contributed by atoms with E-state index < -0.39 is 0 Å². The van der Waals surface area contributed by atoms with Crippen LogP contribution >= 0.6 is 0 Å². The van der Waals surface area contributed by atoms with E-state index in [9.17, 15) is 9.90 Å². The number of hydrogen-bond acceptors (Lipinski definition) is 4. The van der Waals surface area contributed by atoms with Crippen molar-refractivity contribution in [3.63, 3.8) is 0 Å². The molecule has 1 atom stereocenters. The molecule has 0 aliphatic carbocycles. The third-order valence-electron chi connectivity index (χ3n) is 3.63. The molecule has 2 rings (SSSR count). The molecule has 1 aromatic carbocycles. The average Bonchev–Trinajstić information content (AvgIpc) is 2.93. The third kappa shape index (κ3) is 3.80. The average molecular weight is 273 g/mol. The Balaban J connectivity index is 1.79. The van der Waals surface area contributed by atoms with Crippen LogP contribution in [0, 0.1) is 11.3 Å². The molecule has 20 heavy (non-hydrogen) atoms. The Hall–Kier alpha value is -1.90. The van der Waals surface area contributed by atoms with Gasteiger partial charge in [0.1, 0.15) is 0 Å². The van der Waals surface area contributed by atoms with Gasteiger partial charge in [0.05, 0.1) is 18.2 Å². The molecule has 0 unspecified atom stereocenters. The van der Waals surface area contributed by atoms with Crippen molar-refractivity contribution in [2.24, 2.45) is 0 Å². The summed E-state index contributed by atoms with van der Waals surface area (Å²) in [6.45, 7) is 1.79. The molecular weight excluding hydrogens is 254 g/mol. The lowest BCUT2D eigenvalue weighted by molar-refractivity contribution is -0.116. The largest absolute Gasteiger partial charge is 0.395 e. The number of nitriles is 1. The number of nitrogens with one attached hydrogen (secondary N) is 1. The number of likely N-dealkylation sites (tertiary alicyclic amines) is 1. The Morgan fingerprint density at radius 2 is 2.20 bits per heavy atom. The second kappa shape index (κ2) is 7.04. The maximum absolute atomic E-state index is 11.9. The minimum atomic E-state index is -0.0432. The molecule has 5 nitrogen and oxygen atoms in total. The van der Waals surface area contributed by atoms with Gasteiger partial charge in [0.15, 0.2) is 0 Å². The van der Waals surface area contributed by atoms with Crippen LogP contribution in [0.25, 0.3) is 0 Å². The van der Waals surface area contributed by atoms with Crippen LogP contribution in [-0.4, -0.2) is 41.7 Å². The van der Waals surface area contributed by atoms with Crippen LogP contribution in [0.5, 0.6) is 0 Å². The van der Waals surface area contributed by atoms with E-state index in [0.29, 0.717) is 24.2 Å². The van der Waals surface area contributed by atoms with Crippen LogP contribution in [0.4, 0.5) is 5.69 Å². The summed E-state index contributed by atoms with van der Waals surface area (Å²) in [6, 6.07) is 9.05. The van der Waals surface area contributed by atoms with Gasteiger partial charge >= 0.3 is 0 Å². The summed E-state index contributed by atoms with van der Waals surface area (Å²) >= 11 is 0. The van der Waals surface area contributed by atoms with Crippen LogP contribution in [0.2, 0.25) is 0 Å². The van der Waals surface area contributed by atoms with Gasteiger partial charge in [-0.3, -0.25) is 9.69 Å². The van der Waals surface area contributed by atoms with E-state index in [4.69, 9.17) is 5.26 Å². The van der Waals surface area contributed by atoms with E-state index in [0.717, 1.165) is 19.4 Å². The maximum Gasteiger partial charge on any atom is 0.225 e. The summed E-state index contributed by atoms with van der Waals surface area (Å²) in [4.78, 5) is 14.0. The number of aliphatic hydroxyl groups excluding tert-OH is 1. The van der Waals surface area contributed by atoms with Gasteiger partial charge in [-0.2, -0.15) is 5.26 Å². The van der Waals surface area contributed by atoms with Crippen LogP contribution in [0.15, 0.2) is 24.3 Å². The first-order chi connectivity index (χ1) is 9.72. The first kappa shape index (κ1) is 14.5. The van der Waals surface area contributed by atoms with Gasteiger partial charge < -0.3 is 10.4 Å². The number of carbonyl (C=O) groups is 1. The van der Waals surface area contributed by atoms with Crippen molar-refractivity contribution in [1.82, 2.24) is 4.90 Å². The first-order valence-corrected chi connectivity index (χ1v) is 6.88. The number of amides is 1. The minimum absolute atomic E-state index is 0.0432. The fourth-order valence-electron chi connectivity index (χ4n) is 2.49. The van der Waals surface area contributed by atoms with E-state index in [1.807, 2.05) is 6.07 Å². The molecule has 1 aliphatic rings. The molecule has 0 bridgehead atoms. The van der Waals surface area contributed by atoms with E-state index in [2.05, 4.69) is 10.2 Å². The summed E-state index contributed by atoms with van der Waals surface area (Å²) < 4.78 is 0. The molecule has 0 spiro atoms. The third-order valence-corrected chi connectivity index (χ3v) is 3.63. The van der Waals surface area contributed by atoms with Crippen molar-refractivity contribution in [3.05, 3.63) is 29.8 Å². The second-order valence-corrected chi connectivity index (χ2v) is 5.00. The van der Waals surface area contributed by atoms with E-state index >= 15 is 0 Å². The lowest BCUT2D eigenvalue weighted by atomic mass is 10.2. The lowest BCUT2D eigenvalue weighted by Crippen LogP contribution is -2.34. The van der Waals surface area contributed by atoms with Crippen molar-refractivity contribution < 1.29 is 9.90 Å². The van der Waals surface area contributed by atoms with Gasteiger partial charge in [0, 0.05) is 24.7 Å². The van der Waals surface area contributed by atoms with Gasteiger partial charge in [-0.1, -0.05) is 0 Å². The zero-order valence-corrected chi connectivity index (χ0v) is 11.4. The number of nitrogens with zero attached hydrogens (tertiary/aromatic N) is 2. The number of hydrogen-bond donors (Lipinski definition) is 2. The summed E-state index contributed by atoms with van der Waals surface area (Å²) in [6.07, 6.45) is 2.51. The Bertz CT molecular complexity index is 493. The highest BCUT2D eigenvalue weighted by molar-refractivity contribution is 5.90. The fourth-order valence-corrected chi connectivity index (χ4v) is 2.49. The van der Waals surface area contributed by atoms with Crippen molar-refractivity contribution in [1.29, 1.82) is 5.26 Å². The zero-order valence-electron chi connectivity index (χ0n) is 11.4. The maximum atomic E-state index is 11.9. The monoisotopic (exact) mass is 273 g/mol. The van der Waals surface area contributed by atoms with Crippen LogP contribution < -0.4 is 5.32 Å². The Morgan fingerprint density at radius 3 is 2.85 bits per heavy atom. The molecular formula is C15H19N3O2. The van der Waals surface area contributed by atoms with Crippen LogP contribution in [0.3, 0.4) is 0 Å². The Kier molecular flexibility index (Phi) is 5.10. The van der Waals surface area contributed by atoms with Crippen molar-refractivity contribution >= 4 is 11.6 Å². The van der Waals surface area contributed by atoms with Crippen LogP contribution in [0.1, 0.15) is 24.8 Å². The van der Waals surface area contributed by atoms with Crippen molar-refractivity contribution in [2.75, 3.05) is 25.0 Å². The minimum Gasteiger partial charge on any atom is -0.395 e. The summed E-state index contributed by atoms with van der Waals surface area (Å²) in [5, 5.41) is 20.7. The van der Waals surface area contributed by atoms with Crippen LogP contribution in [-0.2, 0) is 4.79 Å². The van der Waals surface area contributed by atoms with Crippen molar-refractivity contribution in [2.45, 2.75) is 25.3 Å². The predicted molar refractivity (Wildman–Crippen MR) is 76.1 cm³/mol. The normalized spacial score (nSPS) is 18.7. The van der Waals surface area contributed by atoms with Gasteiger partial charge in [0.2, 0.25) is 5.91 Å². The summed E-state index contributed by atoms with van der Waals surface area (Å²) in [5.74, 6) is -0.0432. The van der Waals surface area contributed by atoms with Gasteiger partial charge in [0.25, 0.3) is 0 Å². The zero-order chi connectivity index (χ0) is 14.4. The molecule has 1 amide bonds. The highest BCUT2D eigenvalue weighted by Crippen LogP contribution is 2.17. The molecule has 1 saturated heterocycles. The number of anilines is 1. The molecule has 5 heteroatoms. The number of rotatable bonds is 5.